The number of aryl methyl sites for hydroxylation is 1. The number of rotatable bonds is 4. The normalized spacial score (nSPS) is 11.3. The highest BCUT2D eigenvalue weighted by atomic mass is 32.2. The molecule has 2 N–H and O–H groups in total. The summed E-state index contributed by atoms with van der Waals surface area (Å²) in [4.78, 5) is 11.1. The van der Waals surface area contributed by atoms with E-state index in [0.717, 1.165) is 17.5 Å². The molecule has 0 spiro atoms. The number of carbonyl (C=O) groups excluding carboxylic acids is 1. The first kappa shape index (κ1) is 11.7. The molecule has 15 heavy (non-hydrogen) atoms. The molecule has 0 aliphatic heterocycles. The van der Waals surface area contributed by atoms with Gasteiger partial charge in [0.2, 0.25) is 5.91 Å². The van der Waals surface area contributed by atoms with Crippen molar-refractivity contribution >= 4 is 15.7 Å². The van der Waals surface area contributed by atoms with Gasteiger partial charge in [0.25, 0.3) is 0 Å². The SMILES string of the molecule is Cc1[nH]ncc1CNC(=O)CS(C)(=O)=O. The van der Waals surface area contributed by atoms with Crippen molar-refractivity contribution in [2.75, 3.05) is 12.0 Å². The van der Waals surface area contributed by atoms with Gasteiger partial charge in [-0.1, -0.05) is 0 Å². The molecule has 1 aromatic rings. The first-order valence-electron chi connectivity index (χ1n) is 4.32. The van der Waals surface area contributed by atoms with Gasteiger partial charge in [0.05, 0.1) is 6.20 Å². The highest BCUT2D eigenvalue weighted by molar-refractivity contribution is 7.91. The fourth-order valence-electron chi connectivity index (χ4n) is 1.04. The van der Waals surface area contributed by atoms with Gasteiger partial charge in [-0.2, -0.15) is 5.10 Å². The lowest BCUT2D eigenvalue weighted by atomic mass is 10.3. The molecule has 1 aromatic heterocycles. The van der Waals surface area contributed by atoms with Gasteiger partial charge in [-0.05, 0) is 6.92 Å². The molecule has 0 radical (unpaired) electrons. The van der Waals surface area contributed by atoms with E-state index in [1.165, 1.54) is 0 Å². The van der Waals surface area contributed by atoms with E-state index in [2.05, 4.69) is 15.5 Å². The Kier molecular flexibility index (Phi) is 3.46. The maximum Gasteiger partial charge on any atom is 0.235 e. The van der Waals surface area contributed by atoms with Gasteiger partial charge < -0.3 is 5.32 Å². The van der Waals surface area contributed by atoms with Crippen molar-refractivity contribution in [1.29, 1.82) is 0 Å². The van der Waals surface area contributed by atoms with Gasteiger partial charge in [-0.15, -0.1) is 0 Å². The zero-order valence-electron chi connectivity index (χ0n) is 8.57. The molecule has 0 saturated heterocycles. The number of sulfone groups is 1. The van der Waals surface area contributed by atoms with Crippen molar-refractivity contribution in [3.63, 3.8) is 0 Å². The third kappa shape index (κ3) is 4.11. The van der Waals surface area contributed by atoms with Crippen LogP contribution in [0.4, 0.5) is 0 Å². The van der Waals surface area contributed by atoms with E-state index in [0.29, 0.717) is 0 Å². The quantitative estimate of drug-likeness (QED) is 0.722. The Balaban J connectivity index is 2.45. The zero-order valence-corrected chi connectivity index (χ0v) is 9.39. The van der Waals surface area contributed by atoms with Crippen LogP contribution in [0.3, 0.4) is 0 Å². The lowest BCUT2D eigenvalue weighted by Gasteiger charge is -2.02. The number of hydrogen-bond donors (Lipinski definition) is 2. The van der Waals surface area contributed by atoms with Gasteiger partial charge in [0.15, 0.2) is 9.84 Å². The molecule has 0 saturated carbocycles. The monoisotopic (exact) mass is 231 g/mol. The minimum absolute atomic E-state index is 0.288. The third-order valence-electron chi connectivity index (χ3n) is 1.80. The standard InChI is InChI=1S/C8H13N3O3S/c1-6-7(4-10-11-6)3-9-8(12)5-15(2,13)14/h4H,3,5H2,1-2H3,(H,9,12)(H,10,11). The first-order valence-corrected chi connectivity index (χ1v) is 6.38. The summed E-state index contributed by atoms with van der Waals surface area (Å²) in [6, 6.07) is 0. The smallest absolute Gasteiger partial charge is 0.235 e. The average molecular weight is 231 g/mol. The second-order valence-corrected chi connectivity index (χ2v) is 5.51. The largest absolute Gasteiger partial charge is 0.351 e. The maximum absolute atomic E-state index is 11.1. The Morgan fingerprint density at radius 2 is 2.27 bits per heavy atom. The van der Waals surface area contributed by atoms with Crippen molar-refractivity contribution in [3.8, 4) is 0 Å². The first-order chi connectivity index (χ1) is 6.88. The number of hydrogen-bond acceptors (Lipinski definition) is 4. The Hall–Kier alpha value is -1.37. The van der Waals surface area contributed by atoms with E-state index in [9.17, 15) is 13.2 Å². The van der Waals surface area contributed by atoms with Crippen molar-refractivity contribution in [2.24, 2.45) is 0 Å². The van der Waals surface area contributed by atoms with E-state index >= 15 is 0 Å². The highest BCUT2D eigenvalue weighted by Crippen LogP contribution is 2.01. The summed E-state index contributed by atoms with van der Waals surface area (Å²) in [5.41, 5.74) is 1.70. The van der Waals surface area contributed by atoms with Crippen LogP contribution in [0.15, 0.2) is 6.20 Å². The average Bonchev–Trinajstić information content (AvgIpc) is 2.44. The molecular weight excluding hydrogens is 218 g/mol. The van der Waals surface area contributed by atoms with Crippen LogP contribution in [0.5, 0.6) is 0 Å². The molecule has 0 aromatic carbocycles. The summed E-state index contributed by atoms with van der Waals surface area (Å²) < 4.78 is 21.6. The predicted molar refractivity (Wildman–Crippen MR) is 54.9 cm³/mol. The van der Waals surface area contributed by atoms with Crippen LogP contribution in [0.25, 0.3) is 0 Å². The fraction of sp³-hybridized carbons (Fsp3) is 0.500. The second-order valence-electron chi connectivity index (χ2n) is 3.37. The van der Waals surface area contributed by atoms with Crippen LogP contribution < -0.4 is 5.32 Å². The summed E-state index contributed by atoms with van der Waals surface area (Å²) in [7, 11) is -3.26. The molecule has 7 heteroatoms. The van der Waals surface area contributed by atoms with Crippen LogP contribution in [0.2, 0.25) is 0 Å². The molecule has 0 unspecified atom stereocenters. The zero-order chi connectivity index (χ0) is 11.5. The minimum atomic E-state index is -3.26. The van der Waals surface area contributed by atoms with Crippen molar-refractivity contribution in [2.45, 2.75) is 13.5 Å². The van der Waals surface area contributed by atoms with Crippen molar-refractivity contribution < 1.29 is 13.2 Å². The number of nitrogens with one attached hydrogen (secondary N) is 2. The molecule has 0 atom stereocenters. The number of H-pyrrole nitrogens is 1. The summed E-state index contributed by atoms with van der Waals surface area (Å²) in [6.07, 6.45) is 2.62. The van der Waals surface area contributed by atoms with Gasteiger partial charge in [0.1, 0.15) is 5.75 Å². The minimum Gasteiger partial charge on any atom is -0.351 e. The summed E-state index contributed by atoms with van der Waals surface area (Å²) in [5, 5.41) is 9.01. The molecule has 0 aliphatic carbocycles. The molecule has 0 bridgehead atoms. The van der Waals surface area contributed by atoms with Gasteiger partial charge in [-0.3, -0.25) is 9.89 Å². The van der Waals surface area contributed by atoms with Gasteiger partial charge in [-0.25, -0.2) is 8.42 Å². The molecule has 1 rings (SSSR count). The lowest BCUT2D eigenvalue weighted by Crippen LogP contribution is -2.29. The Labute approximate surface area is 88.0 Å². The van der Waals surface area contributed by atoms with E-state index in [4.69, 9.17) is 0 Å². The van der Waals surface area contributed by atoms with E-state index in [1.807, 2.05) is 6.92 Å². The van der Waals surface area contributed by atoms with E-state index in [1.54, 1.807) is 6.20 Å². The summed E-state index contributed by atoms with van der Waals surface area (Å²) in [5.74, 6) is -0.984. The lowest BCUT2D eigenvalue weighted by molar-refractivity contribution is -0.118. The Morgan fingerprint density at radius 3 is 2.73 bits per heavy atom. The number of aromatic amines is 1. The molecule has 1 heterocycles. The summed E-state index contributed by atoms with van der Waals surface area (Å²) >= 11 is 0. The van der Waals surface area contributed by atoms with Crippen LogP contribution in [-0.2, 0) is 21.2 Å². The molecule has 0 fully saturated rings. The van der Waals surface area contributed by atoms with E-state index < -0.39 is 21.5 Å². The Bertz CT molecular complexity index is 449. The molecular formula is C8H13N3O3S. The number of carbonyl (C=O) groups is 1. The fourth-order valence-corrected chi connectivity index (χ4v) is 1.62. The van der Waals surface area contributed by atoms with Crippen LogP contribution in [-0.4, -0.2) is 36.5 Å². The predicted octanol–water partition coefficient (Wildman–Crippen LogP) is -0.621. The number of amides is 1. The van der Waals surface area contributed by atoms with Gasteiger partial charge >= 0.3 is 0 Å². The Morgan fingerprint density at radius 1 is 1.60 bits per heavy atom. The number of aromatic nitrogens is 2. The van der Waals surface area contributed by atoms with Crippen LogP contribution in [0.1, 0.15) is 11.3 Å². The van der Waals surface area contributed by atoms with Crippen molar-refractivity contribution in [1.82, 2.24) is 15.5 Å². The highest BCUT2D eigenvalue weighted by Gasteiger charge is 2.10. The topological polar surface area (TPSA) is 91.9 Å². The molecule has 84 valence electrons. The van der Waals surface area contributed by atoms with Gasteiger partial charge in [0, 0.05) is 24.1 Å². The molecule has 0 aliphatic rings. The second kappa shape index (κ2) is 4.43. The molecule has 6 nitrogen and oxygen atoms in total. The van der Waals surface area contributed by atoms with Crippen LogP contribution in [0, 0.1) is 6.92 Å². The molecule has 1 amide bonds. The van der Waals surface area contributed by atoms with Crippen LogP contribution >= 0.6 is 0 Å². The van der Waals surface area contributed by atoms with Crippen molar-refractivity contribution in [3.05, 3.63) is 17.5 Å². The van der Waals surface area contributed by atoms with E-state index in [-0.39, 0.29) is 6.54 Å². The number of nitrogens with zero attached hydrogens (tertiary/aromatic N) is 1. The third-order valence-corrected chi connectivity index (χ3v) is 2.59. The summed E-state index contributed by atoms with van der Waals surface area (Å²) in [6.45, 7) is 2.11. The maximum atomic E-state index is 11.1.